The number of hydrogen-bond acceptors (Lipinski definition) is 6. The first kappa shape index (κ1) is 21.9. The Labute approximate surface area is 180 Å². The number of carbonyl (C=O) groups excluding carboxylic acids is 1. The highest BCUT2D eigenvalue weighted by Crippen LogP contribution is 2.46. The number of benzene rings is 1. The summed E-state index contributed by atoms with van der Waals surface area (Å²) in [5.41, 5.74) is -0.692. The van der Waals surface area contributed by atoms with E-state index >= 15 is 0 Å². The topological polar surface area (TPSA) is 86.5 Å². The van der Waals surface area contributed by atoms with Crippen molar-refractivity contribution < 1.29 is 27.4 Å². The molecule has 0 unspecified atom stereocenters. The van der Waals surface area contributed by atoms with Crippen molar-refractivity contribution in [3.05, 3.63) is 41.0 Å². The SMILES string of the molecule is CC1(c2nc(C(=O)NCc3ccc(B4OC(C)(C)C(C)(C)O4)cc3C(F)F)no2)CC1. The van der Waals surface area contributed by atoms with E-state index in [0.717, 1.165) is 12.8 Å². The van der Waals surface area contributed by atoms with Gasteiger partial charge >= 0.3 is 7.12 Å². The van der Waals surface area contributed by atoms with Gasteiger partial charge in [0.05, 0.1) is 11.2 Å². The standard InChI is InChI=1S/C21H26BF2N3O4/c1-19(2)20(3,4)31-22(30-19)13-7-6-12(14(10-13)15(23)24)11-25-17(28)16-26-18(29-27-16)21(5)8-9-21/h6-7,10,15H,8-9,11H2,1-5H3,(H,25,28). The number of carbonyl (C=O) groups is 1. The van der Waals surface area contributed by atoms with Crippen molar-refractivity contribution in [3.63, 3.8) is 0 Å². The van der Waals surface area contributed by atoms with E-state index in [4.69, 9.17) is 13.8 Å². The Morgan fingerprint density at radius 3 is 2.39 bits per heavy atom. The molecule has 1 aliphatic heterocycles. The maximum atomic E-state index is 13.8. The molecule has 0 atom stereocenters. The maximum Gasteiger partial charge on any atom is 0.494 e. The molecule has 0 spiro atoms. The van der Waals surface area contributed by atoms with Crippen LogP contribution in [0.3, 0.4) is 0 Å². The van der Waals surface area contributed by atoms with E-state index in [1.165, 1.54) is 6.07 Å². The number of amides is 1. The summed E-state index contributed by atoms with van der Waals surface area (Å²) in [6.45, 7) is 9.49. The van der Waals surface area contributed by atoms with Crippen molar-refractivity contribution in [3.8, 4) is 0 Å². The number of nitrogens with zero attached hydrogens (tertiary/aromatic N) is 2. The van der Waals surface area contributed by atoms with Gasteiger partial charge in [0.25, 0.3) is 18.2 Å². The summed E-state index contributed by atoms with van der Waals surface area (Å²) in [5.74, 6) is -0.247. The molecular weight excluding hydrogens is 407 g/mol. The molecule has 7 nitrogen and oxygen atoms in total. The van der Waals surface area contributed by atoms with Gasteiger partial charge in [-0.1, -0.05) is 30.3 Å². The Morgan fingerprint density at radius 2 is 1.81 bits per heavy atom. The molecule has 0 bridgehead atoms. The normalized spacial score (nSPS) is 20.8. The molecule has 2 fully saturated rings. The lowest BCUT2D eigenvalue weighted by Crippen LogP contribution is -2.41. The van der Waals surface area contributed by atoms with Gasteiger partial charge in [-0.25, -0.2) is 8.78 Å². The first-order valence-electron chi connectivity index (χ1n) is 10.3. The Hall–Kier alpha value is -2.33. The van der Waals surface area contributed by atoms with E-state index in [1.807, 2.05) is 34.6 Å². The first-order valence-corrected chi connectivity index (χ1v) is 10.3. The van der Waals surface area contributed by atoms with Gasteiger partial charge < -0.3 is 19.1 Å². The third kappa shape index (κ3) is 4.10. The lowest BCUT2D eigenvalue weighted by atomic mass is 9.77. The zero-order valence-corrected chi connectivity index (χ0v) is 18.3. The monoisotopic (exact) mass is 433 g/mol. The van der Waals surface area contributed by atoms with Crippen molar-refractivity contribution >= 4 is 18.5 Å². The van der Waals surface area contributed by atoms with Gasteiger partial charge in [-0.3, -0.25) is 4.79 Å². The average Bonchev–Trinajstić information content (AvgIpc) is 3.16. The molecule has 10 heteroatoms. The second kappa shape index (κ2) is 7.37. The molecule has 1 amide bonds. The van der Waals surface area contributed by atoms with Gasteiger partial charge in [0.1, 0.15) is 0 Å². The van der Waals surface area contributed by atoms with Crippen LogP contribution < -0.4 is 10.8 Å². The second-order valence-corrected chi connectivity index (χ2v) is 9.51. The summed E-state index contributed by atoms with van der Waals surface area (Å²) in [6, 6.07) is 4.60. The minimum atomic E-state index is -2.72. The predicted octanol–water partition coefficient (Wildman–Crippen LogP) is 3.29. The Bertz CT molecular complexity index is 988. The molecule has 1 N–H and O–H groups in total. The van der Waals surface area contributed by atoms with Crippen LogP contribution >= 0.6 is 0 Å². The van der Waals surface area contributed by atoms with Crippen LogP contribution in [0.4, 0.5) is 8.78 Å². The molecule has 166 valence electrons. The summed E-state index contributed by atoms with van der Waals surface area (Å²) in [4.78, 5) is 16.5. The molecule has 1 aromatic heterocycles. The Kier molecular flexibility index (Phi) is 5.21. The number of alkyl halides is 2. The molecule has 31 heavy (non-hydrogen) atoms. The van der Waals surface area contributed by atoms with Crippen LogP contribution in [-0.4, -0.2) is 34.4 Å². The van der Waals surface area contributed by atoms with Crippen molar-refractivity contribution in [2.24, 2.45) is 0 Å². The quantitative estimate of drug-likeness (QED) is 0.704. The number of hydrogen-bond donors (Lipinski definition) is 1. The molecule has 0 radical (unpaired) electrons. The van der Waals surface area contributed by atoms with E-state index in [2.05, 4.69) is 15.5 Å². The predicted molar refractivity (Wildman–Crippen MR) is 109 cm³/mol. The van der Waals surface area contributed by atoms with Gasteiger partial charge in [0.15, 0.2) is 0 Å². The molecule has 2 aliphatic rings. The average molecular weight is 433 g/mol. The number of aromatic nitrogens is 2. The van der Waals surface area contributed by atoms with Crippen molar-refractivity contribution in [1.82, 2.24) is 15.5 Å². The highest BCUT2D eigenvalue weighted by atomic mass is 19.3. The summed E-state index contributed by atoms with van der Waals surface area (Å²) in [5, 5.41) is 6.30. The Morgan fingerprint density at radius 1 is 1.16 bits per heavy atom. The number of halogens is 2. The van der Waals surface area contributed by atoms with Crippen molar-refractivity contribution in [2.45, 2.75) is 77.0 Å². The first-order chi connectivity index (χ1) is 14.4. The number of rotatable bonds is 6. The van der Waals surface area contributed by atoms with Gasteiger partial charge in [-0.2, -0.15) is 4.98 Å². The lowest BCUT2D eigenvalue weighted by Gasteiger charge is -2.32. The molecule has 1 aromatic carbocycles. The second-order valence-electron chi connectivity index (χ2n) is 9.51. The smallest absolute Gasteiger partial charge is 0.399 e. The van der Waals surface area contributed by atoms with E-state index in [0.29, 0.717) is 16.9 Å². The van der Waals surface area contributed by atoms with Crippen LogP contribution in [0, 0.1) is 0 Å². The molecule has 4 rings (SSSR count). The van der Waals surface area contributed by atoms with Gasteiger partial charge in [-0.05, 0) is 51.6 Å². The molecular formula is C21H26BF2N3O4. The molecule has 1 aliphatic carbocycles. The minimum absolute atomic E-state index is 0.0940. The van der Waals surface area contributed by atoms with E-state index in [-0.39, 0.29) is 23.3 Å². The van der Waals surface area contributed by atoms with Gasteiger partial charge in [0, 0.05) is 17.5 Å². The summed E-state index contributed by atoms with van der Waals surface area (Å²) in [6.07, 6.45) is -0.854. The Balaban J connectivity index is 1.47. The zero-order chi connectivity index (χ0) is 22.6. The highest BCUT2D eigenvalue weighted by molar-refractivity contribution is 6.62. The zero-order valence-electron chi connectivity index (χ0n) is 18.3. The van der Waals surface area contributed by atoms with E-state index in [9.17, 15) is 13.6 Å². The third-order valence-corrected chi connectivity index (χ3v) is 6.52. The maximum absolute atomic E-state index is 13.8. The molecule has 2 heterocycles. The number of nitrogens with one attached hydrogen (secondary N) is 1. The fraction of sp³-hybridized carbons (Fsp3) is 0.571. The highest BCUT2D eigenvalue weighted by Gasteiger charge is 2.51. The molecule has 2 aromatic rings. The summed E-state index contributed by atoms with van der Waals surface area (Å²) in [7, 11) is -0.743. The minimum Gasteiger partial charge on any atom is -0.399 e. The van der Waals surface area contributed by atoms with Crippen LogP contribution in [0.1, 0.15) is 81.5 Å². The van der Waals surface area contributed by atoms with Crippen LogP contribution in [0.5, 0.6) is 0 Å². The lowest BCUT2D eigenvalue weighted by molar-refractivity contribution is 0.00578. The fourth-order valence-electron chi connectivity index (χ4n) is 3.32. The van der Waals surface area contributed by atoms with Crippen LogP contribution in [-0.2, 0) is 21.3 Å². The van der Waals surface area contributed by atoms with E-state index in [1.54, 1.807) is 12.1 Å². The molecule has 1 saturated carbocycles. The van der Waals surface area contributed by atoms with Crippen LogP contribution in [0.25, 0.3) is 0 Å². The van der Waals surface area contributed by atoms with E-state index < -0.39 is 30.7 Å². The van der Waals surface area contributed by atoms with Crippen LogP contribution in [0.2, 0.25) is 0 Å². The fourth-order valence-corrected chi connectivity index (χ4v) is 3.32. The summed E-state index contributed by atoms with van der Waals surface area (Å²) >= 11 is 0. The molecule has 1 saturated heterocycles. The van der Waals surface area contributed by atoms with Gasteiger partial charge in [0.2, 0.25) is 5.89 Å². The van der Waals surface area contributed by atoms with Crippen LogP contribution in [0.15, 0.2) is 22.7 Å². The largest absolute Gasteiger partial charge is 0.494 e. The van der Waals surface area contributed by atoms with Gasteiger partial charge in [-0.15, -0.1) is 0 Å². The summed E-state index contributed by atoms with van der Waals surface area (Å²) < 4.78 is 44.6. The third-order valence-electron chi connectivity index (χ3n) is 6.52. The van der Waals surface area contributed by atoms with Crippen molar-refractivity contribution in [2.75, 3.05) is 0 Å². The van der Waals surface area contributed by atoms with Crippen molar-refractivity contribution in [1.29, 1.82) is 0 Å².